The van der Waals surface area contributed by atoms with Crippen molar-refractivity contribution in [3.05, 3.63) is 50.6 Å². The highest BCUT2D eigenvalue weighted by atomic mass is 35.5. The number of hydrogen-bond donors (Lipinski definition) is 0. The predicted octanol–water partition coefficient (Wildman–Crippen LogP) is 2.45. The van der Waals surface area contributed by atoms with E-state index in [2.05, 4.69) is 29.2 Å². The fourth-order valence-electron chi connectivity index (χ4n) is 2.26. The van der Waals surface area contributed by atoms with E-state index in [1.54, 1.807) is 3.96 Å². The number of benzene rings is 1. The van der Waals surface area contributed by atoms with Gasteiger partial charge in [-0.2, -0.15) is 0 Å². The zero-order valence-electron chi connectivity index (χ0n) is 10.9. The molecule has 1 aromatic carbocycles. The molecule has 0 aliphatic carbocycles. The summed E-state index contributed by atoms with van der Waals surface area (Å²) in [5, 5.41) is 0. The highest BCUT2D eigenvalue weighted by molar-refractivity contribution is 7.11. The van der Waals surface area contributed by atoms with E-state index in [1.165, 1.54) is 23.3 Å². The van der Waals surface area contributed by atoms with Gasteiger partial charge in [0.25, 0.3) is 5.56 Å². The molecule has 1 aliphatic heterocycles. The van der Waals surface area contributed by atoms with E-state index in [4.69, 9.17) is 16.3 Å². The Bertz CT molecular complexity index is 629. The van der Waals surface area contributed by atoms with Crippen LogP contribution in [0.5, 0.6) is 0 Å². The lowest BCUT2D eigenvalue weighted by Gasteiger charge is -2.28. The molecule has 6 heteroatoms. The van der Waals surface area contributed by atoms with Gasteiger partial charge in [0.15, 0.2) is 0 Å². The van der Waals surface area contributed by atoms with Crippen LogP contribution in [0.15, 0.2) is 35.1 Å². The second-order valence-corrected chi connectivity index (χ2v) is 6.37. The maximum atomic E-state index is 11.6. The summed E-state index contributed by atoms with van der Waals surface area (Å²) in [5.74, 6) is 0. The molecule has 0 radical (unpaired) electrons. The summed E-state index contributed by atoms with van der Waals surface area (Å²) in [5.41, 5.74) is 2.26. The first kappa shape index (κ1) is 13.7. The van der Waals surface area contributed by atoms with Gasteiger partial charge in [-0.25, -0.2) is 0 Å². The minimum atomic E-state index is -0.0442. The van der Waals surface area contributed by atoms with Crippen LogP contribution in [-0.4, -0.2) is 30.3 Å². The zero-order valence-corrected chi connectivity index (χ0v) is 12.5. The molecule has 0 unspecified atom stereocenters. The minimum absolute atomic E-state index is 0.0442. The third-order valence-corrected chi connectivity index (χ3v) is 4.46. The lowest BCUT2D eigenvalue weighted by molar-refractivity contribution is 0.122. The summed E-state index contributed by atoms with van der Waals surface area (Å²) < 4.78 is 7.54. The molecule has 0 N–H and O–H groups in total. The summed E-state index contributed by atoms with van der Waals surface area (Å²) >= 11 is 7.12. The third kappa shape index (κ3) is 3.06. The van der Waals surface area contributed by atoms with Crippen LogP contribution in [0, 0.1) is 0 Å². The topological polar surface area (TPSA) is 34.5 Å². The van der Waals surface area contributed by atoms with Crippen LogP contribution in [0.2, 0.25) is 4.34 Å². The van der Waals surface area contributed by atoms with Crippen LogP contribution in [0.4, 0.5) is 5.69 Å². The molecule has 2 aromatic rings. The van der Waals surface area contributed by atoms with Crippen LogP contribution in [0.3, 0.4) is 0 Å². The van der Waals surface area contributed by atoms with Crippen molar-refractivity contribution in [2.75, 3.05) is 31.2 Å². The Hall–Kier alpha value is -1.30. The average molecular weight is 311 g/mol. The van der Waals surface area contributed by atoms with Crippen molar-refractivity contribution in [3.63, 3.8) is 0 Å². The molecule has 0 spiro atoms. The van der Waals surface area contributed by atoms with Gasteiger partial charge in [0, 0.05) is 24.8 Å². The first-order chi connectivity index (χ1) is 9.72. The van der Waals surface area contributed by atoms with Crippen molar-refractivity contribution < 1.29 is 4.74 Å². The molecule has 1 fully saturated rings. The second-order valence-electron chi connectivity index (χ2n) is 4.68. The van der Waals surface area contributed by atoms with Crippen LogP contribution in [0.25, 0.3) is 0 Å². The smallest absolute Gasteiger partial charge is 0.262 e. The van der Waals surface area contributed by atoms with Crippen molar-refractivity contribution in [1.82, 2.24) is 3.96 Å². The fourth-order valence-corrected chi connectivity index (χ4v) is 3.32. The van der Waals surface area contributed by atoms with E-state index in [-0.39, 0.29) is 5.56 Å². The van der Waals surface area contributed by atoms with E-state index in [0.29, 0.717) is 10.9 Å². The molecule has 0 amide bonds. The van der Waals surface area contributed by atoms with Crippen LogP contribution in [-0.2, 0) is 11.3 Å². The van der Waals surface area contributed by atoms with Crippen LogP contribution in [0.1, 0.15) is 5.56 Å². The van der Waals surface area contributed by atoms with Gasteiger partial charge < -0.3 is 9.64 Å². The van der Waals surface area contributed by atoms with Gasteiger partial charge >= 0.3 is 0 Å². The molecule has 20 heavy (non-hydrogen) atoms. The van der Waals surface area contributed by atoms with Gasteiger partial charge in [-0.3, -0.25) is 8.75 Å². The van der Waals surface area contributed by atoms with Crippen LogP contribution < -0.4 is 10.5 Å². The molecular weight excluding hydrogens is 296 g/mol. The second kappa shape index (κ2) is 5.99. The van der Waals surface area contributed by atoms with Gasteiger partial charge in [0.1, 0.15) is 4.34 Å². The lowest BCUT2D eigenvalue weighted by Crippen LogP contribution is -2.36. The third-order valence-electron chi connectivity index (χ3n) is 3.32. The first-order valence-electron chi connectivity index (χ1n) is 6.51. The van der Waals surface area contributed by atoms with Crippen molar-refractivity contribution in [2.24, 2.45) is 0 Å². The van der Waals surface area contributed by atoms with Crippen molar-refractivity contribution in [1.29, 1.82) is 0 Å². The Labute approximate surface area is 126 Å². The fraction of sp³-hybridized carbons (Fsp3) is 0.357. The number of halogens is 1. The number of rotatable bonds is 3. The highest BCUT2D eigenvalue weighted by Gasteiger charge is 2.11. The number of hydrogen-bond acceptors (Lipinski definition) is 4. The molecule has 3 rings (SSSR count). The molecule has 0 atom stereocenters. The van der Waals surface area contributed by atoms with E-state index in [9.17, 15) is 4.79 Å². The summed E-state index contributed by atoms with van der Waals surface area (Å²) in [6.07, 6.45) is 0. The summed E-state index contributed by atoms with van der Waals surface area (Å²) in [4.78, 5) is 13.9. The SMILES string of the molecule is O=c1cc(Cl)sn1Cc1ccc(N2CCOCC2)cc1. The van der Waals surface area contributed by atoms with Crippen molar-refractivity contribution in [2.45, 2.75) is 6.54 Å². The number of anilines is 1. The Morgan fingerprint density at radius 3 is 2.50 bits per heavy atom. The summed E-state index contributed by atoms with van der Waals surface area (Å²) in [7, 11) is 0. The van der Waals surface area contributed by atoms with E-state index in [1.807, 2.05) is 0 Å². The molecule has 0 bridgehead atoms. The Morgan fingerprint density at radius 1 is 1.20 bits per heavy atom. The number of ether oxygens (including phenoxy) is 1. The Balaban J connectivity index is 1.72. The maximum Gasteiger partial charge on any atom is 0.262 e. The maximum absolute atomic E-state index is 11.6. The predicted molar refractivity (Wildman–Crippen MR) is 82.2 cm³/mol. The van der Waals surface area contributed by atoms with Crippen molar-refractivity contribution >= 4 is 28.8 Å². The van der Waals surface area contributed by atoms with E-state index >= 15 is 0 Å². The Morgan fingerprint density at radius 2 is 1.90 bits per heavy atom. The summed E-state index contributed by atoms with van der Waals surface area (Å²) in [6, 6.07) is 9.77. The van der Waals surface area contributed by atoms with Gasteiger partial charge in [-0.05, 0) is 29.2 Å². The van der Waals surface area contributed by atoms with Gasteiger partial charge in [-0.1, -0.05) is 23.7 Å². The largest absolute Gasteiger partial charge is 0.378 e. The normalized spacial score (nSPS) is 15.6. The van der Waals surface area contributed by atoms with Gasteiger partial charge in [-0.15, -0.1) is 0 Å². The first-order valence-corrected chi connectivity index (χ1v) is 7.66. The molecule has 1 aromatic heterocycles. The molecule has 2 heterocycles. The number of aromatic nitrogens is 1. The minimum Gasteiger partial charge on any atom is -0.378 e. The molecule has 1 saturated heterocycles. The molecule has 0 saturated carbocycles. The lowest BCUT2D eigenvalue weighted by atomic mass is 10.2. The highest BCUT2D eigenvalue weighted by Crippen LogP contribution is 2.18. The van der Waals surface area contributed by atoms with Crippen molar-refractivity contribution in [3.8, 4) is 0 Å². The number of morpholine rings is 1. The van der Waals surface area contributed by atoms with E-state index < -0.39 is 0 Å². The molecule has 106 valence electrons. The van der Waals surface area contributed by atoms with Gasteiger partial charge in [0.05, 0.1) is 19.8 Å². The summed E-state index contributed by atoms with van der Waals surface area (Å²) in [6.45, 7) is 3.99. The molecule has 4 nitrogen and oxygen atoms in total. The zero-order chi connectivity index (χ0) is 13.9. The standard InChI is InChI=1S/C14H15ClN2O2S/c15-13-9-14(18)17(20-13)10-11-1-3-12(4-2-11)16-5-7-19-8-6-16/h1-4,9H,5-8,10H2. The Kier molecular flexibility index (Phi) is 4.10. The molecule has 1 aliphatic rings. The van der Waals surface area contributed by atoms with Crippen LogP contribution >= 0.6 is 23.1 Å². The number of nitrogens with zero attached hydrogens (tertiary/aromatic N) is 2. The van der Waals surface area contributed by atoms with E-state index in [0.717, 1.165) is 31.9 Å². The monoisotopic (exact) mass is 310 g/mol. The van der Waals surface area contributed by atoms with Gasteiger partial charge in [0.2, 0.25) is 0 Å². The average Bonchev–Trinajstić information content (AvgIpc) is 2.79. The molecular formula is C14H15ClN2O2S. The quantitative estimate of drug-likeness (QED) is 0.873.